The van der Waals surface area contributed by atoms with Crippen LogP contribution in [-0.4, -0.2) is 66.5 Å². The zero-order valence-electron chi connectivity index (χ0n) is 19.9. The van der Waals surface area contributed by atoms with Gasteiger partial charge in [-0.25, -0.2) is 0 Å². The van der Waals surface area contributed by atoms with E-state index in [1.807, 2.05) is 0 Å². The maximum atomic E-state index is 12.0. The lowest BCUT2D eigenvalue weighted by atomic mass is 9.88. The quantitative estimate of drug-likeness (QED) is 0.619. The molecule has 0 bridgehead atoms. The van der Waals surface area contributed by atoms with Crippen molar-refractivity contribution >= 4 is 22.6 Å². The Morgan fingerprint density at radius 3 is 2.42 bits per heavy atom. The zero-order valence-corrected chi connectivity index (χ0v) is 19.9. The molecule has 0 atom stereocenters. The maximum absolute atomic E-state index is 12.0. The molecule has 3 aromatic rings. The summed E-state index contributed by atoms with van der Waals surface area (Å²) in [4.78, 5) is 16.9. The number of hydrogen-bond acceptors (Lipinski definition) is 4. The lowest BCUT2D eigenvalue weighted by molar-refractivity contribution is -0.136. The largest absolute Gasteiger partial charge is 0.481 e. The Labute approximate surface area is 195 Å². The van der Waals surface area contributed by atoms with Crippen LogP contribution in [0.15, 0.2) is 30.3 Å². The standard InChI is InChI=1S/C27H33N3O3/c1-18-4-6-21(7-5-18)25-22(17-24(31)32)20(3)26-27-23(25)16-19(2)30(27)11-10-29(26)9-8-28-12-14-33-15-13-28/h4-7,16H,8-15,17H2,1-3H3,(H,31,32). The van der Waals surface area contributed by atoms with Crippen molar-refractivity contribution in [3.05, 3.63) is 52.7 Å². The highest BCUT2D eigenvalue weighted by Crippen LogP contribution is 2.44. The predicted octanol–water partition coefficient (Wildman–Crippen LogP) is 4.01. The molecule has 0 unspecified atom stereocenters. The fourth-order valence-electron chi connectivity index (χ4n) is 5.53. The molecule has 1 N–H and O–H groups in total. The van der Waals surface area contributed by atoms with Crippen LogP contribution in [0.4, 0.5) is 5.69 Å². The van der Waals surface area contributed by atoms with Crippen molar-refractivity contribution in [1.82, 2.24) is 9.47 Å². The number of aliphatic carboxylic acids is 1. The van der Waals surface area contributed by atoms with Crippen molar-refractivity contribution in [2.45, 2.75) is 33.7 Å². The van der Waals surface area contributed by atoms with Gasteiger partial charge in [0.25, 0.3) is 0 Å². The van der Waals surface area contributed by atoms with Crippen LogP contribution in [0.5, 0.6) is 0 Å². The van der Waals surface area contributed by atoms with Gasteiger partial charge in [0.1, 0.15) is 0 Å². The Bertz CT molecular complexity index is 1190. The molecule has 3 heterocycles. The highest BCUT2D eigenvalue weighted by molar-refractivity contribution is 6.07. The number of carbonyl (C=O) groups is 1. The minimum Gasteiger partial charge on any atom is -0.481 e. The number of hydrogen-bond donors (Lipinski definition) is 1. The molecule has 2 aliphatic rings. The van der Waals surface area contributed by atoms with Gasteiger partial charge in [-0.05, 0) is 49.1 Å². The molecule has 1 saturated heterocycles. The van der Waals surface area contributed by atoms with Gasteiger partial charge in [-0.2, -0.15) is 0 Å². The van der Waals surface area contributed by atoms with Gasteiger partial charge in [0.05, 0.1) is 30.8 Å². The molecular formula is C27H33N3O3. The predicted molar refractivity (Wildman–Crippen MR) is 132 cm³/mol. The van der Waals surface area contributed by atoms with E-state index in [0.717, 1.165) is 74.7 Å². The van der Waals surface area contributed by atoms with Crippen molar-refractivity contribution in [3.8, 4) is 11.1 Å². The average molecular weight is 448 g/mol. The van der Waals surface area contributed by atoms with Crippen molar-refractivity contribution in [1.29, 1.82) is 0 Å². The summed E-state index contributed by atoms with van der Waals surface area (Å²) in [5, 5.41) is 11.0. The summed E-state index contributed by atoms with van der Waals surface area (Å²) in [5.74, 6) is -0.787. The molecule has 1 aromatic heterocycles. The van der Waals surface area contributed by atoms with Gasteiger partial charge in [-0.1, -0.05) is 29.8 Å². The van der Waals surface area contributed by atoms with E-state index in [1.54, 1.807) is 0 Å². The Balaban J connectivity index is 1.66. The Kier molecular flexibility index (Phi) is 5.89. The second-order valence-electron chi connectivity index (χ2n) is 9.40. The summed E-state index contributed by atoms with van der Waals surface area (Å²) in [7, 11) is 0. The van der Waals surface area contributed by atoms with Gasteiger partial charge in [-0.3, -0.25) is 9.69 Å². The summed E-state index contributed by atoms with van der Waals surface area (Å²) in [6.07, 6.45) is 0.0273. The lowest BCUT2D eigenvalue weighted by Crippen LogP contribution is -2.43. The summed E-state index contributed by atoms with van der Waals surface area (Å²) in [6.45, 7) is 13.8. The number of aromatic nitrogens is 1. The van der Waals surface area contributed by atoms with E-state index in [9.17, 15) is 9.90 Å². The van der Waals surface area contributed by atoms with Gasteiger partial charge in [0.15, 0.2) is 0 Å². The first-order chi connectivity index (χ1) is 15.9. The minimum atomic E-state index is -0.787. The molecule has 0 amide bonds. The average Bonchev–Trinajstić information content (AvgIpc) is 3.14. The Morgan fingerprint density at radius 1 is 1.00 bits per heavy atom. The van der Waals surface area contributed by atoms with Crippen molar-refractivity contribution in [2.24, 2.45) is 0 Å². The smallest absolute Gasteiger partial charge is 0.307 e. The highest BCUT2D eigenvalue weighted by atomic mass is 16.5. The molecule has 2 aliphatic heterocycles. The third-order valence-electron chi connectivity index (χ3n) is 7.28. The molecule has 6 nitrogen and oxygen atoms in total. The summed E-state index contributed by atoms with van der Waals surface area (Å²) >= 11 is 0. The lowest BCUT2D eigenvalue weighted by Gasteiger charge is -2.36. The first-order valence-electron chi connectivity index (χ1n) is 11.9. The van der Waals surface area contributed by atoms with Gasteiger partial charge in [0.2, 0.25) is 0 Å². The van der Waals surface area contributed by atoms with E-state index < -0.39 is 5.97 Å². The Hall–Kier alpha value is -2.83. The molecule has 1 fully saturated rings. The van der Waals surface area contributed by atoms with Crippen LogP contribution in [0.2, 0.25) is 0 Å². The number of ether oxygens (including phenoxy) is 1. The fourth-order valence-corrected chi connectivity index (χ4v) is 5.53. The number of aryl methyl sites for hydroxylation is 2. The van der Waals surface area contributed by atoms with E-state index in [1.165, 1.54) is 27.8 Å². The maximum Gasteiger partial charge on any atom is 0.307 e. The number of morpholine rings is 1. The summed E-state index contributed by atoms with van der Waals surface area (Å²) < 4.78 is 7.93. The van der Waals surface area contributed by atoms with E-state index in [-0.39, 0.29) is 6.42 Å². The number of nitrogens with zero attached hydrogens (tertiary/aromatic N) is 3. The summed E-state index contributed by atoms with van der Waals surface area (Å²) in [5.41, 5.74) is 9.10. The molecule has 5 rings (SSSR count). The summed E-state index contributed by atoms with van der Waals surface area (Å²) in [6, 6.07) is 10.7. The SMILES string of the molecule is Cc1ccc(-c2c(CC(=O)O)c(C)c3c4c2cc(C)n4CCN3CCN2CCOCC2)cc1. The van der Waals surface area contributed by atoms with Crippen LogP contribution in [0.3, 0.4) is 0 Å². The zero-order chi connectivity index (χ0) is 23.1. The van der Waals surface area contributed by atoms with E-state index in [2.05, 4.69) is 65.5 Å². The third kappa shape index (κ3) is 4.02. The number of rotatable bonds is 6. The number of carboxylic acid groups (broad SMARTS) is 1. The van der Waals surface area contributed by atoms with E-state index in [0.29, 0.717) is 0 Å². The normalized spacial score (nSPS) is 16.5. The molecule has 0 radical (unpaired) electrons. The second-order valence-corrected chi connectivity index (χ2v) is 9.40. The van der Waals surface area contributed by atoms with Crippen LogP contribution < -0.4 is 4.90 Å². The topological polar surface area (TPSA) is 57.9 Å². The molecule has 0 saturated carbocycles. The van der Waals surface area contributed by atoms with Crippen molar-refractivity contribution < 1.29 is 14.6 Å². The van der Waals surface area contributed by atoms with E-state index in [4.69, 9.17) is 4.74 Å². The van der Waals surface area contributed by atoms with Crippen molar-refractivity contribution in [3.63, 3.8) is 0 Å². The first kappa shape index (κ1) is 22.0. The molecule has 33 heavy (non-hydrogen) atoms. The number of benzene rings is 2. The molecule has 0 spiro atoms. The first-order valence-corrected chi connectivity index (χ1v) is 11.9. The monoisotopic (exact) mass is 447 g/mol. The third-order valence-corrected chi connectivity index (χ3v) is 7.28. The number of carboxylic acids is 1. The molecule has 174 valence electrons. The second kappa shape index (κ2) is 8.84. The molecular weight excluding hydrogens is 414 g/mol. The van der Waals surface area contributed by atoms with Gasteiger partial charge in [-0.15, -0.1) is 0 Å². The van der Waals surface area contributed by atoms with Gasteiger partial charge < -0.3 is 19.3 Å². The molecule has 0 aliphatic carbocycles. The van der Waals surface area contributed by atoms with Crippen molar-refractivity contribution in [2.75, 3.05) is 50.8 Å². The fraction of sp³-hybridized carbons (Fsp3) is 0.444. The van der Waals surface area contributed by atoms with Crippen LogP contribution in [0.1, 0.15) is 22.4 Å². The highest BCUT2D eigenvalue weighted by Gasteiger charge is 2.29. The molecule has 2 aromatic carbocycles. The van der Waals surface area contributed by atoms with Crippen LogP contribution in [-0.2, 0) is 22.5 Å². The van der Waals surface area contributed by atoms with Crippen LogP contribution >= 0.6 is 0 Å². The molecule has 6 heteroatoms. The minimum absolute atomic E-state index is 0.0273. The van der Waals surface area contributed by atoms with E-state index >= 15 is 0 Å². The Morgan fingerprint density at radius 2 is 1.73 bits per heavy atom. The number of anilines is 1. The van der Waals surface area contributed by atoms with Crippen LogP contribution in [0, 0.1) is 20.8 Å². The van der Waals surface area contributed by atoms with Gasteiger partial charge in [0, 0.05) is 50.3 Å². The van der Waals surface area contributed by atoms with Gasteiger partial charge >= 0.3 is 5.97 Å². The van der Waals surface area contributed by atoms with Crippen LogP contribution in [0.25, 0.3) is 22.0 Å².